The second-order valence-electron chi connectivity index (χ2n) is 6.64. The summed E-state index contributed by atoms with van der Waals surface area (Å²) in [6.07, 6.45) is 4.04. The molecule has 1 aromatic heterocycles. The third kappa shape index (κ3) is 2.87. The molecule has 2 heterocycles. The lowest BCUT2D eigenvalue weighted by Crippen LogP contribution is -2.41. The highest BCUT2D eigenvalue weighted by Gasteiger charge is 2.37. The number of benzene rings is 1. The summed E-state index contributed by atoms with van der Waals surface area (Å²) >= 11 is 0. The maximum Gasteiger partial charge on any atom is 0.230 e. The average Bonchev–Trinajstić information content (AvgIpc) is 3.36. The van der Waals surface area contributed by atoms with Crippen LogP contribution in [0, 0.1) is 11.3 Å². The summed E-state index contributed by atoms with van der Waals surface area (Å²) in [4.78, 5) is 2.31. The quantitative estimate of drug-likeness (QED) is 0.868. The van der Waals surface area contributed by atoms with E-state index in [1.165, 1.54) is 12.8 Å². The maximum atomic E-state index is 9.73. The van der Waals surface area contributed by atoms with Crippen LogP contribution in [-0.4, -0.2) is 28.2 Å². The van der Waals surface area contributed by atoms with Crippen LogP contribution in [0.5, 0.6) is 0 Å². The Bertz CT molecular complexity index is 706. The molecule has 0 spiro atoms. The number of aromatic nitrogens is 2. The molecule has 1 aliphatic heterocycles. The number of hydrogen-bond donors (Lipinski definition) is 0. The average molecular weight is 308 g/mol. The van der Waals surface area contributed by atoms with Gasteiger partial charge in [-0.05, 0) is 31.2 Å². The number of piperidine rings is 1. The molecule has 1 aliphatic carbocycles. The van der Waals surface area contributed by atoms with Crippen LogP contribution in [0.3, 0.4) is 0 Å². The van der Waals surface area contributed by atoms with Gasteiger partial charge in [-0.1, -0.05) is 30.3 Å². The Balaban J connectivity index is 1.40. The first-order valence-corrected chi connectivity index (χ1v) is 8.30. The Morgan fingerprint density at radius 3 is 2.57 bits per heavy atom. The highest BCUT2D eigenvalue weighted by atomic mass is 16.4. The van der Waals surface area contributed by atoms with E-state index in [-0.39, 0.29) is 5.41 Å². The molecule has 0 atom stereocenters. The van der Waals surface area contributed by atoms with Crippen molar-refractivity contribution in [2.45, 2.75) is 43.6 Å². The van der Waals surface area contributed by atoms with E-state index in [0.29, 0.717) is 18.4 Å². The van der Waals surface area contributed by atoms with Gasteiger partial charge in [-0.25, -0.2) is 0 Å². The standard InChI is InChI=1S/C18H20N4O/c19-13-18(15-4-2-1-3-5-15)8-10-22(11-9-18)12-16-20-21-17(23-16)14-6-7-14/h1-5,14H,6-12H2. The molecule has 23 heavy (non-hydrogen) atoms. The number of nitrogens with zero attached hydrogens (tertiary/aromatic N) is 4. The van der Waals surface area contributed by atoms with E-state index in [9.17, 15) is 5.26 Å². The van der Waals surface area contributed by atoms with Crippen LogP contribution in [0.4, 0.5) is 0 Å². The molecule has 0 radical (unpaired) electrons. The monoisotopic (exact) mass is 308 g/mol. The lowest BCUT2D eigenvalue weighted by atomic mass is 9.74. The Hall–Kier alpha value is -2.19. The van der Waals surface area contributed by atoms with Crippen LogP contribution in [-0.2, 0) is 12.0 Å². The van der Waals surface area contributed by atoms with Crippen molar-refractivity contribution in [2.75, 3.05) is 13.1 Å². The summed E-state index contributed by atoms with van der Waals surface area (Å²) < 4.78 is 5.74. The SMILES string of the molecule is N#CC1(c2ccccc2)CCN(Cc2nnc(C3CC3)o2)CC1. The van der Waals surface area contributed by atoms with Crippen molar-refractivity contribution < 1.29 is 4.42 Å². The molecule has 0 unspecified atom stereocenters. The minimum atomic E-state index is -0.355. The highest BCUT2D eigenvalue weighted by molar-refractivity contribution is 5.33. The van der Waals surface area contributed by atoms with Crippen LogP contribution in [0.25, 0.3) is 0 Å². The number of hydrogen-bond acceptors (Lipinski definition) is 5. The van der Waals surface area contributed by atoms with Gasteiger partial charge >= 0.3 is 0 Å². The fourth-order valence-electron chi connectivity index (χ4n) is 3.33. The van der Waals surface area contributed by atoms with Crippen molar-refractivity contribution in [3.8, 4) is 6.07 Å². The molecule has 5 heteroatoms. The van der Waals surface area contributed by atoms with Crippen molar-refractivity contribution >= 4 is 0 Å². The molecule has 0 amide bonds. The van der Waals surface area contributed by atoms with Gasteiger partial charge in [0.25, 0.3) is 0 Å². The van der Waals surface area contributed by atoms with Crippen LogP contribution >= 0.6 is 0 Å². The van der Waals surface area contributed by atoms with Gasteiger partial charge < -0.3 is 4.42 Å². The van der Waals surface area contributed by atoms with Gasteiger partial charge in [0.2, 0.25) is 11.8 Å². The van der Waals surface area contributed by atoms with E-state index in [2.05, 4.69) is 33.3 Å². The molecular formula is C18H20N4O. The topological polar surface area (TPSA) is 66.0 Å². The van der Waals surface area contributed by atoms with E-state index in [1.807, 2.05) is 18.2 Å². The largest absolute Gasteiger partial charge is 0.424 e. The molecule has 2 fully saturated rings. The Kier molecular flexibility index (Phi) is 3.62. The Morgan fingerprint density at radius 1 is 1.17 bits per heavy atom. The zero-order valence-corrected chi connectivity index (χ0v) is 13.1. The van der Waals surface area contributed by atoms with Gasteiger partial charge in [0.05, 0.1) is 18.0 Å². The van der Waals surface area contributed by atoms with Gasteiger partial charge in [0, 0.05) is 19.0 Å². The van der Waals surface area contributed by atoms with Crippen molar-refractivity contribution in [3.63, 3.8) is 0 Å². The molecule has 2 aromatic rings. The van der Waals surface area contributed by atoms with Crippen LogP contribution in [0.15, 0.2) is 34.7 Å². The number of rotatable bonds is 4. The van der Waals surface area contributed by atoms with Gasteiger partial charge in [-0.15, -0.1) is 10.2 Å². The van der Waals surface area contributed by atoms with E-state index in [1.54, 1.807) is 0 Å². The molecule has 5 nitrogen and oxygen atoms in total. The van der Waals surface area contributed by atoms with E-state index < -0.39 is 0 Å². The zero-order chi connectivity index (χ0) is 15.7. The normalized spacial score (nSPS) is 21.0. The highest BCUT2D eigenvalue weighted by Crippen LogP contribution is 2.39. The predicted octanol–water partition coefficient (Wildman–Crippen LogP) is 3.00. The molecule has 1 saturated carbocycles. The molecular weight excluding hydrogens is 288 g/mol. The summed E-state index contributed by atoms with van der Waals surface area (Å²) in [6.45, 7) is 2.45. The van der Waals surface area contributed by atoms with Crippen molar-refractivity contribution in [1.82, 2.24) is 15.1 Å². The van der Waals surface area contributed by atoms with Crippen LogP contribution in [0.2, 0.25) is 0 Å². The van der Waals surface area contributed by atoms with Crippen LogP contribution in [0.1, 0.15) is 48.9 Å². The maximum absolute atomic E-state index is 9.73. The fraction of sp³-hybridized carbons (Fsp3) is 0.500. The molecule has 1 aromatic carbocycles. The van der Waals surface area contributed by atoms with E-state index in [4.69, 9.17) is 4.42 Å². The molecule has 4 rings (SSSR count). The van der Waals surface area contributed by atoms with Crippen LogP contribution < -0.4 is 0 Å². The van der Waals surface area contributed by atoms with Gasteiger partial charge in [0.1, 0.15) is 0 Å². The second-order valence-corrected chi connectivity index (χ2v) is 6.64. The first-order chi connectivity index (χ1) is 11.3. The first kappa shape index (κ1) is 14.4. The van der Waals surface area contributed by atoms with Gasteiger partial charge in [-0.2, -0.15) is 5.26 Å². The lowest BCUT2D eigenvalue weighted by molar-refractivity contribution is 0.164. The predicted molar refractivity (Wildman–Crippen MR) is 84.5 cm³/mol. The summed E-state index contributed by atoms with van der Waals surface area (Å²) in [7, 11) is 0. The second kappa shape index (κ2) is 5.78. The molecule has 1 saturated heterocycles. The summed E-state index contributed by atoms with van der Waals surface area (Å²) in [6, 6.07) is 12.7. The first-order valence-electron chi connectivity index (χ1n) is 8.30. The number of likely N-dealkylation sites (tertiary alicyclic amines) is 1. The summed E-state index contributed by atoms with van der Waals surface area (Å²) in [5, 5.41) is 18.0. The smallest absolute Gasteiger partial charge is 0.230 e. The molecule has 0 N–H and O–H groups in total. The fourth-order valence-corrected chi connectivity index (χ4v) is 3.33. The third-order valence-electron chi connectivity index (χ3n) is 5.02. The summed E-state index contributed by atoms with van der Waals surface area (Å²) in [5.74, 6) is 2.01. The van der Waals surface area contributed by atoms with E-state index in [0.717, 1.165) is 37.4 Å². The Morgan fingerprint density at radius 2 is 1.91 bits per heavy atom. The number of nitriles is 1. The van der Waals surface area contributed by atoms with Crippen molar-refractivity contribution in [3.05, 3.63) is 47.7 Å². The van der Waals surface area contributed by atoms with Crippen molar-refractivity contribution in [2.24, 2.45) is 0 Å². The minimum absolute atomic E-state index is 0.355. The Labute approximate surface area is 135 Å². The van der Waals surface area contributed by atoms with Gasteiger partial charge in [0.15, 0.2) is 0 Å². The molecule has 118 valence electrons. The molecule has 0 bridgehead atoms. The lowest BCUT2D eigenvalue weighted by Gasteiger charge is -2.37. The zero-order valence-electron chi connectivity index (χ0n) is 13.1. The molecule has 2 aliphatic rings. The van der Waals surface area contributed by atoms with Gasteiger partial charge in [-0.3, -0.25) is 4.90 Å². The van der Waals surface area contributed by atoms with Crippen molar-refractivity contribution in [1.29, 1.82) is 5.26 Å². The third-order valence-corrected chi connectivity index (χ3v) is 5.02. The summed E-state index contributed by atoms with van der Waals surface area (Å²) in [5.41, 5.74) is 0.780. The minimum Gasteiger partial charge on any atom is -0.424 e. The van der Waals surface area contributed by atoms with E-state index >= 15 is 0 Å².